The number of hydrogen-bond donors (Lipinski definition) is 0. The van der Waals surface area contributed by atoms with E-state index < -0.39 is 5.31 Å². The number of hydroxylamine groups is 2. The first kappa shape index (κ1) is 12.7. The van der Waals surface area contributed by atoms with E-state index in [1.807, 2.05) is 13.0 Å². The van der Waals surface area contributed by atoms with E-state index in [9.17, 15) is 4.79 Å². The molecule has 0 N–H and O–H groups in total. The summed E-state index contributed by atoms with van der Waals surface area (Å²) in [5, 5.41) is 0.610. The molecule has 0 fully saturated rings. The van der Waals surface area contributed by atoms with E-state index in [-0.39, 0.29) is 12.3 Å². The lowest BCUT2D eigenvalue weighted by atomic mass is 9.70. The maximum Gasteiger partial charge on any atom is 0.250 e. The molecular formula is C11H15BN2O2. The van der Waals surface area contributed by atoms with Gasteiger partial charge >= 0.3 is 0 Å². The van der Waals surface area contributed by atoms with Crippen LogP contribution in [0.5, 0.6) is 0 Å². The van der Waals surface area contributed by atoms with Crippen LogP contribution in [0.2, 0.25) is 5.31 Å². The lowest BCUT2D eigenvalue weighted by Crippen LogP contribution is -2.25. The van der Waals surface area contributed by atoms with E-state index in [0.717, 1.165) is 5.57 Å². The van der Waals surface area contributed by atoms with Crippen LogP contribution < -0.4 is 0 Å². The van der Waals surface area contributed by atoms with Crippen molar-refractivity contribution in [3.05, 3.63) is 23.9 Å². The smallest absolute Gasteiger partial charge is 0.250 e. The van der Waals surface area contributed by atoms with Crippen molar-refractivity contribution < 1.29 is 9.63 Å². The van der Waals surface area contributed by atoms with Gasteiger partial charge in [0.15, 0.2) is 0 Å². The van der Waals surface area contributed by atoms with E-state index in [4.69, 9.17) is 12.7 Å². The molecule has 0 saturated carbocycles. The third-order valence-electron chi connectivity index (χ3n) is 2.24. The standard InChI is InChI=1S/C11H15BN2O2/c1-11(12)4-5-13-8-9(7-11)6-10(15)14(2)16-3/h4-5,7-8H,6H2,1-3H3/t11-/m0/s1. The van der Waals surface area contributed by atoms with Gasteiger partial charge in [0.2, 0.25) is 5.91 Å². The quantitative estimate of drug-likeness (QED) is 0.528. The number of carbonyl (C=O) groups excluding carboxylic acids is 1. The minimum Gasteiger partial charge on any atom is -0.275 e. The highest BCUT2D eigenvalue weighted by molar-refractivity contribution is 6.18. The molecule has 1 aliphatic heterocycles. The summed E-state index contributed by atoms with van der Waals surface area (Å²) in [6.45, 7) is 1.85. The third-order valence-corrected chi connectivity index (χ3v) is 2.24. The van der Waals surface area contributed by atoms with Crippen molar-refractivity contribution >= 4 is 20.0 Å². The minimum atomic E-state index is -0.572. The predicted octanol–water partition coefficient (Wildman–Crippen LogP) is 1.27. The van der Waals surface area contributed by atoms with Crippen molar-refractivity contribution in [1.29, 1.82) is 0 Å². The fourth-order valence-electron chi connectivity index (χ4n) is 1.31. The molecule has 0 aromatic carbocycles. The van der Waals surface area contributed by atoms with Crippen molar-refractivity contribution in [2.75, 3.05) is 14.2 Å². The highest BCUT2D eigenvalue weighted by atomic mass is 16.7. The summed E-state index contributed by atoms with van der Waals surface area (Å²) in [7, 11) is 8.97. The Balaban J connectivity index is 2.74. The molecule has 0 saturated heterocycles. The van der Waals surface area contributed by atoms with Crippen LogP contribution in [0, 0.1) is 0 Å². The fourth-order valence-corrected chi connectivity index (χ4v) is 1.31. The monoisotopic (exact) mass is 218 g/mol. The van der Waals surface area contributed by atoms with Crippen LogP contribution in [-0.4, -0.2) is 39.2 Å². The molecule has 0 bridgehead atoms. The first-order chi connectivity index (χ1) is 7.44. The molecule has 0 aromatic heterocycles. The Labute approximate surface area is 97.0 Å². The maximum absolute atomic E-state index is 11.6. The number of hydrogen-bond acceptors (Lipinski definition) is 3. The molecule has 0 unspecified atom stereocenters. The molecule has 0 aromatic rings. The number of aliphatic imine (C=N–C) groups is 1. The summed E-state index contributed by atoms with van der Waals surface area (Å²) in [6, 6.07) is 0. The molecule has 5 heteroatoms. The fraction of sp³-hybridized carbons (Fsp3) is 0.455. The molecule has 1 atom stereocenters. The summed E-state index contributed by atoms with van der Waals surface area (Å²) in [4.78, 5) is 20.4. The predicted molar refractivity (Wildman–Crippen MR) is 64.2 cm³/mol. The second kappa shape index (κ2) is 5.12. The lowest BCUT2D eigenvalue weighted by molar-refractivity contribution is -0.167. The first-order valence-electron chi connectivity index (χ1n) is 4.97. The third kappa shape index (κ3) is 3.66. The summed E-state index contributed by atoms with van der Waals surface area (Å²) >= 11 is 0. The molecule has 84 valence electrons. The van der Waals surface area contributed by atoms with Crippen LogP contribution in [0.15, 0.2) is 28.9 Å². The molecule has 4 nitrogen and oxygen atoms in total. The van der Waals surface area contributed by atoms with Gasteiger partial charge in [-0.1, -0.05) is 19.1 Å². The maximum atomic E-state index is 11.6. The second-order valence-electron chi connectivity index (χ2n) is 3.93. The molecule has 1 heterocycles. The van der Waals surface area contributed by atoms with Crippen LogP contribution in [0.1, 0.15) is 13.3 Å². The van der Waals surface area contributed by atoms with E-state index >= 15 is 0 Å². The summed E-state index contributed by atoms with van der Waals surface area (Å²) in [6.07, 6.45) is 7.09. The summed E-state index contributed by atoms with van der Waals surface area (Å²) in [5.41, 5.74) is 0.781. The normalized spacial score (nSPS) is 23.8. The largest absolute Gasteiger partial charge is 0.275 e. The van der Waals surface area contributed by atoms with E-state index in [0.29, 0.717) is 0 Å². The Kier molecular flexibility index (Phi) is 4.07. The van der Waals surface area contributed by atoms with Crippen molar-refractivity contribution in [2.45, 2.75) is 18.7 Å². The van der Waals surface area contributed by atoms with Gasteiger partial charge in [0, 0.05) is 19.5 Å². The summed E-state index contributed by atoms with van der Waals surface area (Å²) < 4.78 is 0. The highest BCUT2D eigenvalue weighted by Gasteiger charge is 2.16. The van der Waals surface area contributed by atoms with E-state index in [2.05, 4.69) is 4.99 Å². The van der Waals surface area contributed by atoms with E-state index in [1.165, 1.54) is 12.2 Å². The van der Waals surface area contributed by atoms with Gasteiger partial charge in [0.1, 0.15) is 0 Å². The Morgan fingerprint density at radius 2 is 2.38 bits per heavy atom. The minimum absolute atomic E-state index is 0.141. The Hall–Kier alpha value is -1.36. The van der Waals surface area contributed by atoms with Crippen LogP contribution in [-0.2, 0) is 9.63 Å². The molecular weight excluding hydrogens is 203 g/mol. The lowest BCUT2D eigenvalue weighted by Gasteiger charge is -2.17. The van der Waals surface area contributed by atoms with Crippen LogP contribution in [0.25, 0.3) is 0 Å². The summed E-state index contributed by atoms with van der Waals surface area (Å²) in [5.74, 6) is -0.141. The van der Waals surface area contributed by atoms with Gasteiger partial charge in [0.25, 0.3) is 0 Å². The van der Waals surface area contributed by atoms with Gasteiger partial charge in [-0.3, -0.25) is 14.6 Å². The zero-order chi connectivity index (χ0) is 12.2. The topological polar surface area (TPSA) is 41.9 Å². The Morgan fingerprint density at radius 1 is 1.69 bits per heavy atom. The molecule has 1 rings (SSSR count). The van der Waals surface area contributed by atoms with Gasteiger partial charge in [0.05, 0.1) is 21.4 Å². The number of amides is 1. The molecule has 16 heavy (non-hydrogen) atoms. The van der Waals surface area contributed by atoms with Gasteiger partial charge in [-0.2, -0.15) is 0 Å². The second-order valence-corrected chi connectivity index (χ2v) is 3.93. The van der Waals surface area contributed by atoms with Gasteiger partial charge < -0.3 is 0 Å². The van der Waals surface area contributed by atoms with Crippen molar-refractivity contribution in [1.82, 2.24) is 5.06 Å². The Morgan fingerprint density at radius 3 is 3.00 bits per heavy atom. The zero-order valence-electron chi connectivity index (χ0n) is 9.80. The number of rotatable bonds is 3. The number of carbonyl (C=O) groups is 1. The van der Waals surface area contributed by atoms with Crippen molar-refractivity contribution in [2.24, 2.45) is 4.99 Å². The molecule has 1 amide bonds. The van der Waals surface area contributed by atoms with Crippen molar-refractivity contribution in [3.63, 3.8) is 0 Å². The zero-order valence-corrected chi connectivity index (χ0v) is 9.80. The van der Waals surface area contributed by atoms with E-state index in [1.54, 1.807) is 25.5 Å². The van der Waals surface area contributed by atoms with Gasteiger partial charge in [-0.15, -0.1) is 0 Å². The molecule has 2 radical (unpaired) electrons. The average Bonchev–Trinajstić information content (AvgIpc) is 2.37. The Bertz CT molecular complexity index is 359. The van der Waals surface area contributed by atoms with Crippen LogP contribution in [0.4, 0.5) is 0 Å². The SMILES string of the molecule is [B][C@@]1(C)C=CN=CC(CC(=O)N(C)OC)=C1. The molecule has 0 aliphatic carbocycles. The van der Waals surface area contributed by atoms with Crippen LogP contribution >= 0.6 is 0 Å². The van der Waals surface area contributed by atoms with Gasteiger partial charge in [-0.25, -0.2) is 5.06 Å². The average molecular weight is 218 g/mol. The van der Waals surface area contributed by atoms with Crippen molar-refractivity contribution in [3.8, 4) is 0 Å². The first-order valence-corrected chi connectivity index (χ1v) is 4.97. The van der Waals surface area contributed by atoms with Gasteiger partial charge in [-0.05, 0) is 10.9 Å². The molecule has 0 spiro atoms. The number of allylic oxidation sites excluding steroid dienone is 2. The van der Waals surface area contributed by atoms with Crippen LogP contribution in [0.3, 0.4) is 0 Å². The highest BCUT2D eigenvalue weighted by Crippen LogP contribution is 2.27. The number of nitrogens with zero attached hydrogens (tertiary/aromatic N) is 2. The molecule has 1 aliphatic rings.